The van der Waals surface area contributed by atoms with E-state index in [0.29, 0.717) is 5.52 Å². The molecular formula is C7H5N2O2Se. The molecule has 1 aromatic heterocycles. The Bertz CT molecular complexity index is 446. The van der Waals surface area contributed by atoms with Gasteiger partial charge < -0.3 is 0 Å². The van der Waals surface area contributed by atoms with Crippen LogP contribution in [0.4, 0.5) is 0 Å². The molecule has 5 heteroatoms. The first-order valence-electron chi connectivity index (χ1n) is 3.31. The van der Waals surface area contributed by atoms with E-state index in [4.69, 9.17) is 0 Å². The van der Waals surface area contributed by atoms with Crippen LogP contribution in [-0.2, 0) is 7.67 Å². The minimum atomic E-state index is -3.15. The third kappa shape index (κ3) is 1.13. The van der Waals surface area contributed by atoms with Crippen molar-refractivity contribution in [3.05, 3.63) is 24.3 Å². The molecule has 0 saturated carbocycles. The molecular weight excluding hydrogens is 223 g/mol. The summed E-state index contributed by atoms with van der Waals surface area (Å²) in [6, 6.07) is 7.21. The second kappa shape index (κ2) is 2.69. The summed E-state index contributed by atoms with van der Waals surface area (Å²) in [6.07, 6.45) is 0. The molecule has 1 radical (unpaired) electrons. The average molecular weight is 228 g/mol. The number of nitrogens with zero attached hydrogens (tertiary/aromatic N) is 1. The molecule has 0 aliphatic heterocycles. The third-order valence-electron chi connectivity index (χ3n) is 1.53. The van der Waals surface area contributed by atoms with E-state index in [9.17, 15) is 7.67 Å². The summed E-state index contributed by atoms with van der Waals surface area (Å²) in [6.45, 7) is 0. The van der Waals surface area contributed by atoms with E-state index < -0.39 is 13.8 Å². The van der Waals surface area contributed by atoms with Crippen LogP contribution >= 0.6 is 0 Å². The molecule has 1 aromatic carbocycles. The SMILES string of the molecule is O=[Se](=O)c1nc2ccccc2[nH]1. The van der Waals surface area contributed by atoms with Crippen molar-refractivity contribution in [1.29, 1.82) is 0 Å². The number of aromatic amines is 1. The van der Waals surface area contributed by atoms with Crippen LogP contribution < -0.4 is 4.72 Å². The summed E-state index contributed by atoms with van der Waals surface area (Å²) in [5.41, 5.74) is 1.45. The Hall–Kier alpha value is -1.19. The van der Waals surface area contributed by atoms with Crippen molar-refractivity contribution in [2.24, 2.45) is 0 Å². The Kier molecular flexibility index (Phi) is 1.67. The Balaban J connectivity index is 2.78. The average Bonchev–Trinajstić information content (AvgIpc) is 2.46. The number of H-pyrrole nitrogens is 1. The van der Waals surface area contributed by atoms with E-state index >= 15 is 0 Å². The van der Waals surface area contributed by atoms with E-state index in [-0.39, 0.29) is 4.72 Å². The number of nitrogens with one attached hydrogen (secondary N) is 1. The van der Waals surface area contributed by atoms with Crippen LogP contribution in [0.1, 0.15) is 0 Å². The predicted octanol–water partition coefficient (Wildman–Crippen LogP) is 0.119. The normalized spacial score (nSPS) is 10.3. The summed E-state index contributed by atoms with van der Waals surface area (Å²) in [7, 11) is 0. The molecule has 1 heterocycles. The first-order chi connectivity index (χ1) is 5.77. The van der Waals surface area contributed by atoms with Crippen LogP contribution in [0.15, 0.2) is 24.3 Å². The van der Waals surface area contributed by atoms with Gasteiger partial charge in [-0.2, -0.15) is 0 Å². The molecule has 0 fully saturated rings. The first-order valence-corrected chi connectivity index (χ1v) is 5.57. The topological polar surface area (TPSA) is 62.8 Å². The fourth-order valence-electron chi connectivity index (χ4n) is 1.01. The molecule has 0 spiro atoms. The standard InChI is InChI=1S/C7H5N2O2Se/c10-12(11)7-8-5-3-1-2-4-6(5)9-7/h1-4H,(H,8,9). The molecule has 0 atom stereocenters. The number of imidazole rings is 1. The summed E-state index contributed by atoms with van der Waals surface area (Å²) in [5, 5.41) is 0. The van der Waals surface area contributed by atoms with Crippen molar-refractivity contribution in [3.63, 3.8) is 0 Å². The maximum atomic E-state index is 10.6. The van der Waals surface area contributed by atoms with Gasteiger partial charge in [0.05, 0.1) is 0 Å². The molecule has 0 aliphatic rings. The van der Waals surface area contributed by atoms with Gasteiger partial charge in [0.25, 0.3) is 0 Å². The zero-order valence-corrected chi connectivity index (χ0v) is 7.69. The maximum absolute atomic E-state index is 10.6. The number of rotatable bonds is 1. The molecule has 2 aromatic rings. The molecule has 1 N–H and O–H groups in total. The molecule has 0 bridgehead atoms. The molecule has 0 amide bonds. The van der Waals surface area contributed by atoms with Gasteiger partial charge in [-0.15, -0.1) is 0 Å². The number of benzene rings is 1. The van der Waals surface area contributed by atoms with Crippen molar-refractivity contribution in [1.82, 2.24) is 9.97 Å². The van der Waals surface area contributed by atoms with Gasteiger partial charge in [0, 0.05) is 0 Å². The van der Waals surface area contributed by atoms with Gasteiger partial charge in [0.1, 0.15) is 0 Å². The summed E-state index contributed by atoms with van der Waals surface area (Å²) in [5.74, 6) is 0. The zero-order valence-electron chi connectivity index (χ0n) is 5.98. The van der Waals surface area contributed by atoms with E-state index in [2.05, 4.69) is 9.97 Å². The Morgan fingerprint density at radius 3 is 2.67 bits per heavy atom. The van der Waals surface area contributed by atoms with Gasteiger partial charge in [0.2, 0.25) is 0 Å². The molecule has 61 valence electrons. The monoisotopic (exact) mass is 229 g/mol. The summed E-state index contributed by atoms with van der Waals surface area (Å²) in [4.78, 5) is 6.60. The van der Waals surface area contributed by atoms with Crippen molar-refractivity contribution in [2.75, 3.05) is 0 Å². The number of hydrogen-bond acceptors (Lipinski definition) is 3. The predicted molar refractivity (Wildman–Crippen MR) is 42.9 cm³/mol. The molecule has 0 unspecified atom stereocenters. The van der Waals surface area contributed by atoms with Gasteiger partial charge in [-0.3, -0.25) is 0 Å². The molecule has 0 aliphatic carbocycles. The fourth-order valence-corrected chi connectivity index (χ4v) is 1.78. The van der Waals surface area contributed by atoms with Gasteiger partial charge in [-0.05, 0) is 0 Å². The van der Waals surface area contributed by atoms with E-state index in [1.807, 2.05) is 12.1 Å². The van der Waals surface area contributed by atoms with Gasteiger partial charge in [-0.1, -0.05) is 0 Å². The fraction of sp³-hybridized carbons (Fsp3) is 0. The van der Waals surface area contributed by atoms with E-state index in [1.165, 1.54) is 0 Å². The Morgan fingerprint density at radius 1 is 1.25 bits per heavy atom. The van der Waals surface area contributed by atoms with Crippen LogP contribution in [0, 0.1) is 0 Å². The number of para-hydroxylation sites is 2. The van der Waals surface area contributed by atoms with Crippen molar-refractivity contribution >= 4 is 29.5 Å². The summed E-state index contributed by atoms with van der Waals surface area (Å²) >= 11 is -3.15. The van der Waals surface area contributed by atoms with Crippen molar-refractivity contribution in [2.45, 2.75) is 0 Å². The number of hydrogen-bond donors (Lipinski definition) is 1. The first kappa shape index (κ1) is 7.46. The zero-order chi connectivity index (χ0) is 8.55. The van der Waals surface area contributed by atoms with E-state index in [0.717, 1.165) is 5.52 Å². The van der Waals surface area contributed by atoms with Gasteiger partial charge in [0.15, 0.2) is 0 Å². The molecule has 12 heavy (non-hydrogen) atoms. The quantitative estimate of drug-likeness (QED) is 0.705. The van der Waals surface area contributed by atoms with Gasteiger partial charge in [-0.25, -0.2) is 0 Å². The van der Waals surface area contributed by atoms with Crippen LogP contribution in [0.5, 0.6) is 0 Å². The second-order valence-electron chi connectivity index (χ2n) is 2.29. The Morgan fingerprint density at radius 2 is 2.00 bits per heavy atom. The second-order valence-corrected chi connectivity index (χ2v) is 4.09. The van der Waals surface area contributed by atoms with Crippen molar-refractivity contribution < 1.29 is 7.67 Å². The minimum absolute atomic E-state index is 0.0798. The molecule has 2 rings (SSSR count). The number of aromatic nitrogens is 2. The van der Waals surface area contributed by atoms with Crippen LogP contribution in [0.25, 0.3) is 11.0 Å². The molecule has 0 saturated heterocycles. The number of fused-ring (bicyclic) bond motifs is 1. The van der Waals surface area contributed by atoms with Crippen LogP contribution in [0.2, 0.25) is 0 Å². The Labute approximate surface area is 71.9 Å². The third-order valence-corrected chi connectivity index (χ3v) is 2.59. The van der Waals surface area contributed by atoms with Gasteiger partial charge >= 0.3 is 71.4 Å². The van der Waals surface area contributed by atoms with Crippen LogP contribution in [0.3, 0.4) is 0 Å². The molecule has 4 nitrogen and oxygen atoms in total. The summed E-state index contributed by atoms with van der Waals surface area (Å²) < 4.78 is 21.2. The van der Waals surface area contributed by atoms with E-state index in [1.54, 1.807) is 12.1 Å². The van der Waals surface area contributed by atoms with Crippen LogP contribution in [-0.4, -0.2) is 23.7 Å². The van der Waals surface area contributed by atoms with Crippen molar-refractivity contribution in [3.8, 4) is 0 Å².